The summed E-state index contributed by atoms with van der Waals surface area (Å²) < 4.78 is 4.96. The molecule has 1 amide bonds. The predicted octanol–water partition coefficient (Wildman–Crippen LogP) is 3.66. The van der Waals surface area contributed by atoms with Crippen LogP contribution in [0.15, 0.2) is 42.6 Å². The van der Waals surface area contributed by atoms with E-state index in [0.717, 1.165) is 23.5 Å². The molecule has 6 heteroatoms. The molecule has 2 heterocycles. The number of pyridine rings is 1. The molecule has 0 aliphatic carbocycles. The Morgan fingerprint density at radius 2 is 2.07 bits per heavy atom. The fourth-order valence-corrected chi connectivity index (χ4v) is 3.34. The lowest BCUT2D eigenvalue weighted by molar-refractivity contribution is -0.149. The highest BCUT2D eigenvalue weighted by atomic mass is 16.5. The van der Waals surface area contributed by atoms with Crippen molar-refractivity contribution in [2.24, 2.45) is 5.92 Å². The van der Waals surface area contributed by atoms with E-state index in [0.29, 0.717) is 25.1 Å². The van der Waals surface area contributed by atoms with Crippen LogP contribution in [0, 0.1) is 5.92 Å². The number of benzene rings is 1. The van der Waals surface area contributed by atoms with E-state index in [1.165, 1.54) is 0 Å². The van der Waals surface area contributed by atoms with E-state index in [1.54, 1.807) is 6.20 Å². The summed E-state index contributed by atoms with van der Waals surface area (Å²) in [6.07, 6.45) is 2.78. The van der Waals surface area contributed by atoms with Crippen molar-refractivity contribution in [2.45, 2.75) is 32.6 Å². The van der Waals surface area contributed by atoms with E-state index < -0.39 is 0 Å². The van der Waals surface area contributed by atoms with Gasteiger partial charge in [-0.25, -0.2) is 4.98 Å². The highest BCUT2D eigenvalue weighted by Crippen LogP contribution is 2.27. The van der Waals surface area contributed by atoms with E-state index >= 15 is 0 Å². The van der Waals surface area contributed by atoms with Crippen molar-refractivity contribution < 1.29 is 14.3 Å². The second-order valence-electron chi connectivity index (χ2n) is 7.47. The van der Waals surface area contributed by atoms with E-state index in [9.17, 15) is 9.59 Å². The molecule has 0 saturated carbocycles. The topological polar surface area (TPSA) is 71.5 Å². The number of carbonyl (C=O) groups excluding carboxylic acids is 2. The minimum absolute atomic E-state index is 0.129. The van der Waals surface area contributed by atoms with Gasteiger partial charge in [-0.2, -0.15) is 0 Å². The maximum Gasteiger partial charge on any atom is 0.306 e. The lowest BCUT2D eigenvalue weighted by atomic mass is 9.97. The number of cyclic esters (lactones) is 1. The number of esters is 1. The molecule has 1 fully saturated rings. The van der Waals surface area contributed by atoms with Crippen LogP contribution >= 0.6 is 0 Å². The Labute approximate surface area is 165 Å². The van der Waals surface area contributed by atoms with Gasteiger partial charge in [-0.3, -0.25) is 9.59 Å². The van der Waals surface area contributed by atoms with Crippen LogP contribution in [0.25, 0.3) is 0 Å². The van der Waals surface area contributed by atoms with Crippen molar-refractivity contribution in [2.75, 3.05) is 25.1 Å². The number of nitrogens with one attached hydrogen (secondary N) is 1. The minimum atomic E-state index is -0.191. The molecule has 1 unspecified atom stereocenters. The predicted molar refractivity (Wildman–Crippen MR) is 109 cm³/mol. The van der Waals surface area contributed by atoms with E-state index in [2.05, 4.69) is 24.1 Å². The normalized spacial score (nSPS) is 16.6. The molecule has 1 N–H and O–H groups in total. The van der Waals surface area contributed by atoms with Gasteiger partial charge in [-0.15, -0.1) is 0 Å². The first-order valence-corrected chi connectivity index (χ1v) is 9.68. The first-order valence-electron chi connectivity index (χ1n) is 9.68. The fraction of sp³-hybridized carbons (Fsp3) is 0.409. The molecular weight excluding hydrogens is 354 g/mol. The number of hydrogen-bond acceptors (Lipinski definition) is 5. The van der Waals surface area contributed by atoms with Gasteiger partial charge in [0.1, 0.15) is 5.82 Å². The molecular formula is C22H27N3O3. The molecule has 0 radical (unpaired) electrons. The maximum absolute atomic E-state index is 12.8. The largest absolute Gasteiger partial charge is 0.466 e. The Bertz CT molecular complexity index is 836. The first-order chi connectivity index (χ1) is 13.5. The quantitative estimate of drug-likeness (QED) is 0.773. The van der Waals surface area contributed by atoms with Crippen LogP contribution in [0.5, 0.6) is 0 Å². The molecule has 6 nitrogen and oxygen atoms in total. The number of amides is 1. The van der Waals surface area contributed by atoms with Gasteiger partial charge in [0, 0.05) is 25.5 Å². The zero-order valence-electron chi connectivity index (χ0n) is 16.6. The Kier molecular flexibility index (Phi) is 6.29. The molecule has 1 saturated heterocycles. The number of ether oxygens (including phenoxy) is 1. The Balaban J connectivity index is 1.75. The first kappa shape index (κ1) is 19.9. The highest BCUT2D eigenvalue weighted by molar-refractivity contribution is 5.96. The molecule has 3 rings (SSSR count). The van der Waals surface area contributed by atoms with E-state index in [-0.39, 0.29) is 23.7 Å². The average Bonchev–Trinajstić information content (AvgIpc) is 2.71. The second kappa shape index (κ2) is 8.87. The summed E-state index contributed by atoms with van der Waals surface area (Å²) in [6, 6.07) is 12.0. The molecule has 1 aromatic heterocycles. The highest BCUT2D eigenvalue weighted by Gasteiger charge is 2.22. The Morgan fingerprint density at radius 3 is 2.75 bits per heavy atom. The third kappa shape index (κ3) is 4.68. The lowest BCUT2D eigenvalue weighted by Gasteiger charge is -2.23. The molecule has 28 heavy (non-hydrogen) atoms. The van der Waals surface area contributed by atoms with Crippen LogP contribution in [-0.2, 0) is 9.53 Å². The van der Waals surface area contributed by atoms with E-state index in [1.807, 2.05) is 48.3 Å². The van der Waals surface area contributed by atoms with Crippen LogP contribution in [0.4, 0.5) is 11.5 Å². The van der Waals surface area contributed by atoms with Gasteiger partial charge in [-0.1, -0.05) is 32.0 Å². The number of para-hydroxylation sites is 1. The van der Waals surface area contributed by atoms with Crippen LogP contribution < -0.4 is 10.2 Å². The number of rotatable bonds is 6. The van der Waals surface area contributed by atoms with Crippen molar-refractivity contribution >= 4 is 23.4 Å². The summed E-state index contributed by atoms with van der Waals surface area (Å²) in [6.45, 7) is 5.03. The summed E-state index contributed by atoms with van der Waals surface area (Å²) in [5.41, 5.74) is 2.57. The number of hydrogen-bond donors (Lipinski definition) is 1. The van der Waals surface area contributed by atoms with Gasteiger partial charge in [-0.05, 0) is 42.0 Å². The van der Waals surface area contributed by atoms with Gasteiger partial charge >= 0.3 is 5.97 Å². The smallest absolute Gasteiger partial charge is 0.306 e. The molecule has 2 aromatic rings. The monoisotopic (exact) mass is 381 g/mol. The van der Waals surface area contributed by atoms with Crippen molar-refractivity contribution in [3.05, 3.63) is 53.7 Å². The summed E-state index contributed by atoms with van der Waals surface area (Å²) in [5.74, 6) is 0.759. The number of aromatic nitrogens is 1. The van der Waals surface area contributed by atoms with Gasteiger partial charge in [0.2, 0.25) is 0 Å². The lowest BCUT2D eigenvalue weighted by Crippen LogP contribution is -2.34. The van der Waals surface area contributed by atoms with Gasteiger partial charge in [0.15, 0.2) is 0 Å². The number of carbonyl (C=O) groups is 2. The van der Waals surface area contributed by atoms with Crippen LogP contribution in [-0.4, -0.2) is 37.1 Å². The Morgan fingerprint density at radius 1 is 1.32 bits per heavy atom. The zero-order valence-corrected chi connectivity index (χ0v) is 16.6. The third-order valence-electron chi connectivity index (χ3n) is 5.07. The van der Waals surface area contributed by atoms with Crippen LogP contribution in [0.1, 0.15) is 48.5 Å². The van der Waals surface area contributed by atoms with Crippen molar-refractivity contribution in [1.29, 1.82) is 0 Å². The van der Waals surface area contributed by atoms with Crippen molar-refractivity contribution in [3.63, 3.8) is 0 Å². The summed E-state index contributed by atoms with van der Waals surface area (Å²) in [7, 11) is 1.96. The van der Waals surface area contributed by atoms with Crippen molar-refractivity contribution in [1.82, 2.24) is 10.3 Å². The number of nitrogens with zero attached hydrogens (tertiary/aromatic N) is 2. The number of anilines is 2. The fourth-order valence-electron chi connectivity index (χ4n) is 3.34. The molecule has 1 aromatic carbocycles. The molecule has 1 atom stereocenters. The molecule has 1 aliphatic rings. The average molecular weight is 381 g/mol. The van der Waals surface area contributed by atoms with Gasteiger partial charge in [0.05, 0.1) is 18.6 Å². The van der Waals surface area contributed by atoms with Gasteiger partial charge < -0.3 is 15.0 Å². The standard InChI is InChI=1S/C22H27N3O3/c1-15(2)18-12-20(25(3)17-7-5-4-6-8-17)23-14-19(18)22(27)24-13-16-9-10-28-21(26)11-16/h4-8,12,14-16H,9-11,13H2,1-3H3,(H,24,27). The molecule has 0 bridgehead atoms. The maximum atomic E-state index is 12.8. The van der Waals surface area contributed by atoms with Crippen LogP contribution in [0.2, 0.25) is 0 Å². The van der Waals surface area contributed by atoms with E-state index in [4.69, 9.17) is 4.74 Å². The Hall–Kier alpha value is -2.89. The zero-order chi connectivity index (χ0) is 20.1. The second-order valence-corrected chi connectivity index (χ2v) is 7.47. The third-order valence-corrected chi connectivity index (χ3v) is 5.07. The molecule has 148 valence electrons. The van der Waals surface area contributed by atoms with Crippen LogP contribution in [0.3, 0.4) is 0 Å². The summed E-state index contributed by atoms with van der Waals surface area (Å²) in [4.78, 5) is 30.7. The summed E-state index contributed by atoms with van der Waals surface area (Å²) in [5, 5.41) is 2.96. The van der Waals surface area contributed by atoms with Crippen molar-refractivity contribution in [3.8, 4) is 0 Å². The SMILES string of the molecule is CC(C)c1cc(N(C)c2ccccc2)ncc1C(=O)NCC1CCOC(=O)C1. The summed E-state index contributed by atoms with van der Waals surface area (Å²) >= 11 is 0. The van der Waals surface area contributed by atoms with Gasteiger partial charge in [0.25, 0.3) is 5.91 Å². The molecule has 1 aliphatic heterocycles. The molecule has 0 spiro atoms. The minimum Gasteiger partial charge on any atom is -0.466 e.